The highest BCUT2D eigenvalue weighted by Crippen LogP contribution is 2.54. The Labute approximate surface area is 167 Å². The maximum atomic E-state index is 13.7. The van der Waals surface area contributed by atoms with E-state index in [0.717, 1.165) is 16.8 Å². The van der Waals surface area contributed by atoms with Crippen molar-refractivity contribution in [3.8, 4) is 0 Å². The van der Waals surface area contributed by atoms with Gasteiger partial charge < -0.3 is 5.32 Å². The number of nitrogens with one attached hydrogen (secondary N) is 1. The predicted molar refractivity (Wildman–Crippen MR) is 110 cm³/mol. The summed E-state index contributed by atoms with van der Waals surface area (Å²) in [5.74, 6) is -0.0195. The molecule has 2 aliphatic heterocycles. The first kappa shape index (κ1) is 17.7. The summed E-state index contributed by atoms with van der Waals surface area (Å²) in [5, 5.41) is 14.4. The van der Waals surface area contributed by atoms with Crippen LogP contribution in [0.4, 0.5) is 17.1 Å². The fraction of sp³-hybridized carbons (Fsp3) is 0.143. The number of hydrogen-bond donors (Lipinski definition) is 1. The van der Waals surface area contributed by atoms with Crippen molar-refractivity contribution in [2.75, 3.05) is 16.2 Å². The molecule has 8 heteroatoms. The number of rotatable bonds is 3. The SMILES string of the molecule is O=[N+]([O-])c1ccc(S(=O)(=O)N2c3ccccc3[C@H]3CNc4ccccc4[C@H]32)cc1. The van der Waals surface area contributed by atoms with Gasteiger partial charge in [-0.1, -0.05) is 36.4 Å². The van der Waals surface area contributed by atoms with Gasteiger partial charge in [0, 0.05) is 30.3 Å². The van der Waals surface area contributed by atoms with Crippen molar-refractivity contribution in [1.29, 1.82) is 0 Å². The van der Waals surface area contributed by atoms with Gasteiger partial charge in [-0.2, -0.15) is 0 Å². The van der Waals surface area contributed by atoms with Gasteiger partial charge in [-0.3, -0.25) is 14.4 Å². The lowest BCUT2D eigenvalue weighted by Gasteiger charge is -2.35. The first-order valence-electron chi connectivity index (χ1n) is 9.19. The van der Waals surface area contributed by atoms with Crippen LogP contribution in [-0.2, 0) is 10.0 Å². The first-order chi connectivity index (χ1) is 14.0. The molecule has 0 amide bonds. The van der Waals surface area contributed by atoms with Crippen molar-refractivity contribution in [2.45, 2.75) is 16.9 Å². The zero-order valence-corrected chi connectivity index (χ0v) is 16.0. The molecule has 0 spiro atoms. The average molecular weight is 407 g/mol. The molecule has 7 nitrogen and oxygen atoms in total. The Hall–Kier alpha value is -3.39. The van der Waals surface area contributed by atoms with Crippen LogP contribution in [-0.4, -0.2) is 19.9 Å². The summed E-state index contributed by atoms with van der Waals surface area (Å²) in [4.78, 5) is 10.4. The molecule has 0 aromatic heterocycles. The number of fused-ring (bicyclic) bond motifs is 5. The molecule has 0 radical (unpaired) electrons. The second-order valence-corrected chi connectivity index (χ2v) is 8.95. The Kier molecular flexibility index (Phi) is 3.85. The number of sulfonamides is 1. The molecule has 2 heterocycles. The average Bonchev–Trinajstić information content (AvgIpc) is 3.09. The quantitative estimate of drug-likeness (QED) is 0.522. The van der Waals surface area contributed by atoms with Gasteiger partial charge in [-0.05, 0) is 35.4 Å². The molecule has 0 saturated heterocycles. The zero-order chi connectivity index (χ0) is 20.2. The van der Waals surface area contributed by atoms with Crippen LogP contribution in [0.3, 0.4) is 0 Å². The molecule has 146 valence electrons. The Morgan fingerprint density at radius 3 is 2.31 bits per heavy atom. The number of nitro groups is 1. The number of non-ortho nitro benzene ring substituents is 1. The maximum absolute atomic E-state index is 13.7. The Bertz CT molecular complexity index is 1220. The van der Waals surface area contributed by atoms with Crippen LogP contribution in [0.2, 0.25) is 0 Å². The molecule has 0 bridgehead atoms. The number of nitrogens with zero attached hydrogens (tertiary/aromatic N) is 2. The second-order valence-electron chi connectivity index (χ2n) is 7.13. The smallest absolute Gasteiger partial charge is 0.269 e. The van der Waals surface area contributed by atoms with Crippen LogP contribution in [0, 0.1) is 10.1 Å². The van der Waals surface area contributed by atoms with Crippen LogP contribution in [0.5, 0.6) is 0 Å². The fourth-order valence-corrected chi connectivity index (χ4v) is 6.01. The van der Waals surface area contributed by atoms with Crippen LogP contribution < -0.4 is 9.62 Å². The molecule has 0 unspecified atom stereocenters. The lowest BCUT2D eigenvalue weighted by atomic mass is 9.87. The number of nitro benzene ring substituents is 1. The fourth-order valence-electron chi connectivity index (χ4n) is 4.32. The van der Waals surface area contributed by atoms with E-state index in [0.29, 0.717) is 12.2 Å². The third kappa shape index (κ3) is 2.60. The molecule has 0 aliphatic carbocycles. The van der Waals surface area contributed by atoms with Crippen molar-refractivity contribution < 1.29 is 13.3 Å². The highest BCUT2D eigenvalue weighted by Gasteiger charge is 2.47. The van der Waals surface area contributed by atoms with E-state index in [4.69, 9.17) is 0 Å². The molecular formula is C21H17N3O4S. The molecule has 2 aliphatic rings. The largest absolute Gasteiger partial charge is 0.384 e. The highest BCUT2D eigenvalue weighted by atomic mass is 32.2. The lowest BCUT2D eigenvalue weighted by Crippen LogP contribution is -2.37. The third-order valence-corrected chi connectivity index (χ3v) is 7.41. The Morgan fingerprint density at radius 1 is 0.931 bits per heavy atom. The van der Waals surface area contributed by atoms with Crippen molar-refractivity contribution in [3.05, 3.63) is 94.0 Å². The highest BCUT2D eigenvalue weighted by molar-refractivity contribution is 7.92. The molecule has 1 N–H and O–H groups in total. The van der Waals surface area contributed by atoms with E-state index < -0.39 is 14.9 Å². The van der Waals surface area contributed by atoms with Gasteiger partial charge in [0.2, 0.25) is 0 Å². The summed E-state index contributed by atoms with van der Waals surface area (Å²) >= 11 is 0. The van der Waals surface area contributed by atoms with E-state index in [9.17, 15) is 18.5 Å². The number of para-hydroxylation sites is 2. The van der Waals surface area contributed by atoms with E-state index in [-0.39, 0.29) is 22.5 Å². The minimum atomic E-state index is -3.92. The third-order valence-electron chi connectivity index (χ3n) is 5.60. The van der Waals surface area contributed by atoms with Crippen molar-refractivity contribution in [1.82, 2.24) is 0 Å². The van der Waals surface area contributed by atoms with Crippen LogP contribution in [0.25, 0.3) is 0 Å². The van der Waals surface area contributed by atoms with E-state index in [1.807, 2.05) is 48.5 Å². The van der Waals surface area contributed by atoms with Crippen LogP contribution in [0.1, 0.15) is 23.1 Å². The van der Waals surface area contributed by atoms with Gasteiger partial charge in [0.15, 0.2) is 0 Å². The second kappa shape index (κ2) is 6.31. The normalized spacial score (nSPS) is 19.7. The Balaban J connectivity index is 1.69. The van der Waals surface area contributed by atoms with Crippen molar-refractivity contribution in [2.24, 2.45) is 0 Å². The topological polar surface area (TPSA) is 92.5 Å². The van der Waals surface area contributed by atoms with E-state index in [2.05, 4.69) is 5.32 Å². The molecule has 3 aromatic carbocycles. The lowest BCUT2D eigenvalue weighted by molar-refractivity contribution is -0.384. The molecule has 0 fully saturated rings. The van der Waals surface area contributed by atoms with E-state index in [1.165, 1.54) is 28.6 Å². The van der Waals surface area contributed by atoms with E-state index in [1.54, 1.807) is 0 Å². The van der Waals surface area contributed by atoms with Crippen LogP contribution in [0.15, 0.2) is 77.7 Å². The molecule has 0 saturated carbocycles. The van der Waals surface area contributed by atoms with Gasteiger partial charge in [-0.15, -0.1) is 0 Å². The predicted octanol–water partition coefficient (Wildman–Crippen LogP) is 4.05. The van der Waals surface area contributed by atoms with Crippen LogP contribution >= 0.6 is 0 Å². The number of anilines is 2. The van der Waals surface area contributed by atoms with Gasteiger partial charge in [0.25, 0.3) is 15.7 Å². The molecule has 29 heavy (non-hydrogen) atoms. The minimum Gasteiger partial charge on any atom is -0.384 e. The van der Waals surface area contributed by atoms with E-state index >= 15 is 0 Å². The van der Waals surface area contributed by atoms with Gasteiger partial charge in [0.1, 0.15) is 0 Å². The monoisotopic (exact) mass is 407 g/mol. The summed E-state index contributed by atoms with van der Waals surface area (Å²) in [6.07, 6.45) is 0. The first-order valence-corrected chi connectivity index (χ1v) is 10.6. The number of hydrogen-bond acceptors (Lipinski definition) is 5. The molecular weight excluding hydrogens is 390 g/mol. The maximum Gasteiger partial charge on any atom is 0.269 e. The Morgan fingerprint density at radius 2 is 1.59 bits per heavy atom. The standard InChI is InChI=1S/C21H17N3O4S/c25-24(26)14-9-11-15(12-10-14)29(27,28)23-20-8-4-2-5-16(20)18-13-22-19-7-3-1-6-17(19)21(18)23/h1-12,18,21-22H,13H2/t18-,21-/m1/s1. The minimum absolute atomic E-state index is 0.0195. The molecule has 5 rings (SSSR count). The van der Waals surface area contributed by atoms with Crippen molar-refractivity contribution >= 4 is 27.1 Å². The number of benzene rings is 3. The molecule has 2 atom stereocenters. The summed E-state index contributed by atoms with van der Waals surface area (Å²) in [5.41, 5.74) is 3.33. The summed E-state index contributed by atoms with van der Waals surface area (Å²) in [6.45, 7) is 0.630. The van der Waals surface area contributed by atoms with Gasteiger partial charge in [0.05, 0.1) is 21.5 Å². The summed E-state index contributed by atoms with van der Waals surface area (Å²) in [6, 6.07) is 19.9. The van der Waals surface area contributed by atoms with Gasteiger partial charge in [-0.25, -0.2) is 8.42 Å². The van der Waals surface area contributed by atoms with Gasteiger partial charge >= 0.3 is 0 Å². The zero-order valence-electron chi connectivity index (χ0n) is 15.2. The summed E-state index contributed by atoms with van der Waals surface area (Å²) < 4.78 is 28.8. The molecule has 3 aromatic rings. The van der Waals surface area contributed by atoms with Crippen molar-refractivity contribution in [3.63, 3.8) is 0 Å². The summed E-state index contributed by atoms with van der Waals surface area (Å²) in [7, 11) is -3.92.